The summed E-state index contributed by atoms with van der Waals surface area (Å²) in [5.41, 5.74) is 2.41. The zero-order chi connectivity index (χ0) is 22.8. The fraction of sp³-hybridized carbons (Fsp3) is 0.120. The molecule has 33 heavy (non-hydrogen) atoms. The minimum atomic E-state index is -1.00. The van der Waals surface area contributed by atoms with Gasteiger partial charge in [-0.1, -0.05) is 30.3 Å². The maximum absolute atomic E-state index is 11.7. The Morgan fingerprint density at radius 1 is 1.00 bits per heavy atom. The Balaban J connectivity index is 1.56. The predicted octanol–water partition coefficient (Wildman–Crippen LogP) is 4.61. The number of furan rings is 1. The quantitative estimate of drug-likeness (QED) is 0.407. The predicted molar refractivity (Wildman–Crippen MR) is 126 cm³/mol. The second-order valence-electron chi connectivity index (χ2n) is 7.63. The molecular weight excluding hydrogens is 436 g/mol. The average molecular weight is 457 g/mol. The summed E-state index contributed by atoms with van der Waals surface area (Å²) in [6.07, 6.45) is 3.50. The lowest BCUT2D eigenvalue weighted by Crippen LogP contribution is -2.29. The number of rotatable bonds is 6. The summed E-state index contributed by atoms with van der Waals surface area (Å²) in [6, 6.07) is 21.4. The van der Waals surface area contributed by atoms with E-state index in [9.17, 15) is 9.90 Å². The van der Waals surface area contributed by atoms with Crippen LogP contribution in [0.25, 0.3) is 11.3 Å². The summed E-state index contributed by atoms with van der Waals surface area (Å²) < 4.78 is 6.26. The lowest BCUT2D eigenvalue weighted by molar-refractivity contribution is 0.0697. The van der Waals surface area contributed by atoms with Gasteiger partial charge in [-0.3, -0.25) is 9.97 Å². The van der Waals surface area contributed by atoms with Gasteiger partial charge in [0.05, 0.1) is 29.5 Å². The van der Waals surface area contributed by atoms with Crippen LogP contribution < -0.4 is 5.32 Å². The van der Waals surface area contributed by atoms with Crippen LogP contribution in [0.1, 0.15) is 39.6 Å². The molecule has 1 fully saturated rings. The molecule has 5 rings (SSSR count). The molecule has 1 saturated heterocycles. The van der Waals surface area contributed by atoms with E-state index in [1.54, 1.807) is 42.7 Å². The van der Waals surface area contributed by atoms with Crippen molar-refractivity contribution in [3.8, 4) is 11.3 Å². The van der Waals surface area contributed by atoms with Gasteiger partial charge in [0.2, 0.25) is 0 Å². The number of pyridine rings is 2. The van der Waals surface area contributed by atoms with Crippen LogP contribution in [0.3, 0.4) is 0 Å². The molecule has 8 heteroatoms. The Kier molecular flexibility index (Phi) is 5.58. The fourth-order valence-corrected chi connectivity index (χ4v) is 4.40. The molecule has 0 spiro atoms. The molecule has 0 amide bonds. The van der Waals surface area contributed by atoms with Gasteiger partial charge in [0.25, 0.3) is 0 Å². The number of carboxylic acid groups (broad SMARTS) is 1. The third-order valence-corrected chi connectivity index (χ3v) is 5.95. The maximum Gasteiger partial charge on any atom is 0.336 e. The molecule has 1 aromatic carbocycles. The molecule has 4 aromatic rings. The highest BCUT2D eigenvalue weighted by molar-refractivity contribution is 7.80. The second kappa shape index (κ2) is 8.84. The number of thiocarbonyl (C=S) groups is 1. The number of benzene rings is 1. The van der Waals surface area contributed by atoms with Crippen LogP contribution in [0, 0.1) is 0 Å². The zero-order valence-corrected chi connectivity index (χ0v) is 18.3. The number of nitrogens with one attached hydrogen (secondary N) is 1. The normalized spacial score (nSPS) is 17.7. The van der Waals surface area contributed by atoms with Gasteiger partial charge in [-0.15, -0.1) is 0 Å². The van der Waals surface area contributed by atoms with Crippen molar-refractivity contribution in [3.63, 3.8) is 0 Å². The van der Waals surface area contributed by atoms with Crippen LogP contribution in [0.15, 0.2) is 89.6 Å². The highest BCUT2D eigenvalue weighted by Gasteiger charge is 2.42. The van der Waals surface area contributed by atoms with E-state index in [0.717, 1.165) is 11.4 Å². The lowest BCUT2D eigenvalue weighted by Gasteiger charge is -2.25. The topological polar surface area (TPSA) is 91.5 Å². The highest BCUT2D eigenvalue weighted by atomic mass is 32.1. The van der Waals surface area contributed by atoms with E-state index in [-0.39, 0.29) is 17.6 Å². The summed E-state index contributed by atoms with van der Waals surface area (Å²) in [7, 11) is 0. The van der Waals surface area contributed by atoms with E-state index in [1.165, 1.54) is 0 Å². The number of aromatic nitrogens is 2. The van der Waals surface area contributed by atoms with Gasteiger partial charge in [0, 0.05) is 18.0 Å². The summed E-state index contributed by atoms with van der Waals surface area (Å²) in [5.74, 6) is 0.137. The van der Waals surface area contributed by atoms with Gasteiger partial charge in [-0.2, -0.15) is 0 Å². The molecule has 2 atom stereocenters. The van der Waals surface area contributed by atoms with Crippen LogP contribution in [-0.2, 0) is 6.54 Å². The van der Waals surface area contributed by atoms with Gasteiger partial charge in [-0.05, 0) is 54.7 Å². The first-order chi connectivity index (χ1) is 16.1. The SMILES string of the molecule is O=C(O)c1ccccc1-c1ccc([C@H]2[C@H](c3ccccn3)NC(=S)N2Cc2ccccn2)o1. The monoisotopic (exact) mass is 456 g/mol. The van der Waals surface area contributed by atoms with E-state index in [0.29, 0.717) is 28.7 Å². The van der Waals surface area contributed by atoms with Crippen molar-refractivity contribution >= 4 is 23.3 Å². The molecule has 0 aliphatic carbocycles. The molecule has 164 valence electrons. The standard InChI is InChI=1S/C25H20N4O3S/c30-24(31)18-9-2-1-8-17(18)20-11-12-21(32-20)23-22(19-10-4-6-14-27-19)28-25(33)29(23)15-16-7-3-5-13-26-16/h1-14,22-23H,15H2,(H,28,33)(H,30,31)/t22-,23-/m0/s1. The Morgan fingerprint density at radius 2 is 1.76 bits per heavy atom. The number of carboxylic acids is 1. The summed E-state index contributed by atoms with van der Waals surface area (Å²) in [6.45, 7) is 0.489. The molecule has 0 unspecified atom stereocenters. The molecule has 1 aliphatic heterocycles. The first kappa shape index (κ1) is 20.8. The largest absolute Gasteiger partial charge is 0.478 e. The molecule has 2 N–H and O–H groups in total. The Labute approximate surface area is 195 Å². The third kappa shape index (κ3) is 4.08. The molecule has 0 radical (unpaired) electrons. The van der Waals surface area contributed by atoms with E-state index < -0.39 is 5.97 Å². The molecule has 0 bridgehead atoms. The number of hydrogen-bond donors (Lipinski definition) is 2. The Hall–Kier alpha value is -4.04. The van der Waals surface area contributed by atoms with Crippen molar-refractivity contribution in [2.75, 3.05) is 0 Å². The van der Waals surface area contributed by atoms with Crippen molar-refractivity contribution in [3.05, 3.63) is 108 Å². The van der Waals surface area contributed by atoms with E-state index >= 15 is 0 Å². The third-order valence-electron chi connectivity index (χ3n) is 5.60. The summed E-state index contributed by atoms with van der Waals surface area (Å²) in [4.78, 5) is 22.7. The number of aromatic carboxylic acids is 1. The fourth-order valence-electron chi connectivity index (χ4n) is 4.09. The van der Waals surface area contributed by atoms with Crippen molar-refractivity contribution in [1.29, 1.82) is 0 Å². The second-order valence-corrected chi connectivity index (χ2v) is 8.02. The minimum Gasteiger partial charge on any atom is -0.478 e. The van der Waals surface area contributed by atoms with Gasteiger partial charge in [0.1, 0.15) is 17.6 Å². The number of carbonyl (C=O) groups is 1. The molecule has 4 heterocycles. The average Bonchev–Trinajstić information content (AvgIpc) is 3.45. The first-order valence-electron chi connectivity index (χ1n) is 10.4. The molecule has 3 aromatic heterocycles. The van der Waals surface area contributed by atoms with Crippen molar-refractivity contribution in [1.82, 2.24) is 20.2 Å². The molecule has 0 saturated carbocycles. The highest BCUT2D eigenvalue weighted by Crippen LogP contribution is 2.41. The number of nitrogens with zero attached hydrogens (tertiary/aromatic N) is 3. The van der Waals surface area contributed by atoms with Crippen molar-refractivity contribution in [2.24, 2.45) is 0 Å². The van der Waals surface area contributed by atoms with E-state index in [2.05, 4.69) is 15.3 Å². The molecule has 7 nitrogen and oxygen atoms in total. The lowest BCUT2D eigenvalue weighted by atomic mass is 10.0. The molecular formula is C25H20N4O3S. The summed E-state index contributed by atoms with van der Waals surface area (Å²) >= 11 is 5.69. The zero-order valence-electron chi connectivity index (χ0n) is 17.5. The van der Waals surface area contributed by atoms with Crippen LogP contribution in [0.5, 0.6) is 0 Å². The summed E-state index contributed by atoms with van der Waals surface area (Å²) in [5, 5.41) is 13.5. The van der Waals surface area contributed by atoms with Crippen LogP contribution >= 0.6 is 12.2 Å². The van der Waals surface area contributed by atoms with Gasteiger partial charge in [0.15, 0.2) is 5.11 Å². The van der Waals surface area contributed by atoms with E-state index in [4.69, 9.17) is 16.6 Å². The van der Waals surface area contributed by atoms with Crippen molar-refractivity contribution < 1.29 is 14.3 Å². The van der Waals surface area contributed by atoms with Crippen LogP contribution in [0.2, 0.25) is 0 Å². The Morgan fingerprint density at radius 3 is 2.48 bits per heavy atom. The first-order valence-corrected chi connectivity index (χ1v) is 10.8. The Bertz CT molecular complexity index is 1290. The maximum atomic E-state index is 11.7. The molecule has 1 aliphatic rings. The minimum absolute atomic E-state index is 0.185. The van der Waals surface area contributed by atoms with Crippen molar-refractivity contribution in [2.45, 2.75) is 18.6 Å². The van der Waals surface area contributed by atoms with E-state index in [1.807, 2.05) is 47.4 Å². The number of hydrogen-bond acceptors (Lipinski definition) is 5. The van der Waals surface area contributed by atoms with Gasteiger partial charge >= 0.3 is 5.97 Å². The van der Waals surface area contributed by atoms with Gasteiger partial charge < -0.3 is 19.7 Å². The van der Waals surface area contributed by atoms with Crippen LogP contribution in [-0.4, -0.2) is 31.1 Å². The smallest absolute Gasteiger partial charge is 0.336 e. The van der Waals surface area contributed by atoms with Gasteiger partial charge in [-0.25, -0.2) is 4.79 Å². The van der Waals surface area contributed by atoms with Crippen LogP contribution in [0.4, 0.5) is 0 Å².